The maximum Gasteiger partial charge on any atom is 0.335 e. The summed E-state index contributed by atoms with van der Waals surface area (Å²) in [6, 6.07) is 11.7. The SMILES string of the molecule is COc1ccc(/C=N\NC(=S)Nc2cccc(C(=O)O)c2)cc1OC. The van der Waals surface area contributed by atoms with Crippen molar-refractivity contribution in [3.8, 4) is 11.5 Å². The van der Waals surface area contributed by atoms with Gasteiger partial charge in [-0.2, -0.15) is 5.10 Å². The van der Waals surface area contributed by atoms with Gasteiger partial charge in [0.2, 0.25) is 0 Å². The van der Waals surface area contributed by atoms with Gasteiger partial charge in [-0.05, 0) is 54.2 Å². The van der Waals surface area contributed by atoms with Crippen LogP contribution in [0.5, 0.6) is 11.5 Å². The number of nitrogens with zero attached hydrogens (tertiary/aromatic N) is 1. The molecule has 0 aliphatic heterocycles. The number of ether oxygens (including phenoxy) is 2. The van der Waals surface area contributed by atoms with Crippen LogP contribution >= 0.6 is 12.2 Å². The van der Waals surface area contributed by atoms with Crippen molar-refractivity contribution in [3.63, 3.8) is 0 Å². The van der Waals surface area contributed by atoms with Gasteiger partial charge in [0.1, 0.15) is 0 Å². The lowest BCUT2D eigenvalue weighted by Gasteiger charge is -2.08. The molecule has 2 aromatic rings. The molecular formula is C17H17N3O4S. The molecule has 8 heteroatoms. The quantitative estimate of drug-likeness (QED) is 0.415. The van der Waals surface area contributed by atoms with Crippen molar-refractivity contribution in [1.29, 1.82) is 0 Å². The number of carbonyl (C=O) groups is 1. The van der Waals surface area contributed by atoms with Gasteiger partial charge in [0, 0.05) is 5.69 Å². The minimum absolute atomic E-state index is 0.168. The van der Waals surface area contributed by atoms with Crippen molar-refractivity contribution in [2.45, 2.75) is 0 Å². The molecule has 0 unspecified atom stereocenters. The van der Waals surface area contributed by atoms with Crippen LogP contribution in [-0.4, -0.2) is 36.6 Å². The summed E-state index contributed by atoms with van der Waals surface area (Å²) in [5.74, 6) is 0.217. The molecule has 0 aliphatic carbocycles. The van der Waals surface area contributed by atoms with Crippen molar-refractivity contribution in [2.75, 3.05) is 19.5 Å². The number of anilines is 1. The molecule has 0 saturated heterocycles. The number of carboxylic acids is 1. The number of aromatic carboxylic acids is 1. The van der Waals surface area contributed by atoms with E-state index in [1.54, 1.807) is 44.7 Å². The second-order valence-corrected chi connectivity index (χ2v) is 5.23. The minimum Gasteiger partial charge on any atom is -0.493 e. The molecule has 0 aliphatic rings. The number of methoxy groups -OCH3 is 2. The number of carboxylic acid groups (broad SMARTS) is 1. The summed E-state index contributed by atoms with van der Waals surface area (Å²) in [5.41, 5.74) is 4.18. The standard InChI is InChI=1S/C17H17N3O4S/c1-23-14-7-6-11(8-15(14)24-2)10-18-20-17(25)19-13-5-3-4-12(9-13)16(21)22/h3-10H,1-2H3,(H,21,22)(H2,19,20,25)/b18-10-. The highest BCUT2D eigenvalue weighted by atomic mass is 32.1. The molecule has 0 amide bonds. The van der Waals surface area contributed by atoms with E-state index in [4.69, 9.17) is 26.8 Å². The molecule has 3 N–H and O–H groups in total. The highest BCUT2D eigenvalue weighted by molar-refractivity contribution is 7.80. The normalized spacial score (nSPS) is 10.3. The van der Waals surface area contributed by atoms with Crippen LogP contribution in [0, 0.1) is 0 Å². The number of benzene rings is 2. The number of hydrogen-bond acceptors (Lipinski definition) is 5. The summed E-state index contributed by atoms with van der Waals surface area (Å²) < 4.78 is 10.4. The fraction of sp³-hybridized carbons (Fsp3) is 0.118. The Kier molecular flexibility index (Phi) is 6.30. The van der Waals surface area contributed by atoms with Gasteiger partial charge in [0.15, 0.2) is 16.6 Å². The van der Waals surface area contributed by atoms with E-state index in [2.05, 4.69) is 15.8 Å². The Hall–Kier alpha value is -3.13. The van der Waals surface area contributed by atoms with E-state index in [-0.39, 0.29) is 10.7 Å². The van der Waals surface area contributed by atoms with Gasteiger partial charge in [-0.15, -0.1) is 0 Å². The molecule has 25 heavy (non-hydrogen) atoms. The molecule has 0 aromatic heterocycles. The lowest BCUT2D eigenvalue weighted by Crippen LogP contribution is -2.24. The zero-order valence-electron chi connectivity index (χ0n) is 13.6. The van der Waals surface area contributed by atoms with Gasteiger partial charge in [0.25, 0.3) is 0 Å². The second-order valence-electron chi connectivity index (χ2n) is 4.82. The lowest BCUT2D eigenvalue weighted by atomic mass is 10.2. The highest BCUT2D eigenvalue weighted by Gasteiger charge is 2.05. The average molecular weight is 359 g/mol. The zero-order chi connectivity index (χ0) is 18.2. The predicted molar refractivity (Wildman–Crippen MR) is 99.9 cm³/mol. The molecule has 130 valence electrons. The summed E-state index contributed by atoms with van der Waals surface area (Å²) in [5, 5.41) is 16.1. The van der Waals surface area contributed by atoms with Crippen LogP contribution < -0.4 is 20.2 Å². The fourth-order valence-electron chi connectivity index (χ4n) is 1.99. The van der Waals surface area contributed by atoms with Crippen molar-refractivity contribution in [3.05, 3.63) is 53.6 Å². The molecule has 0 fully saturated rings. The van der Waals surface area contributed by atoms with E-state index in [9.17, 15) is 4.79 Å². The van der Waals surface area contributed by atoms with Crippen LogP contribution in [0.1, 0.15) is 15.9 Å². The topological polar surface area (TPSA) is 92.2 Å². The molecule has 7 nitrogen and oxygen atoms in total. The van der Waals surface area contributed by atoms with Crippen molar-refractivity contribution >= 4 is 35.2 Å². The third-order valence-corrected chi connectivity index (χ3v) is 3.35. The number of thiocarbonyl (C=S) groups is 1. The van der Waals surface area contributed by atoms with Gasteiger partial charge in [-0.1, -0.05) is 6.07 Å². The van der Waals surface area contributed by atoms with Crippen LogP contribution in [0.15, 0.2) is 47.6 Å². The molecule has 2 aromatic carbocycles. The van der Waals surface area contributed by atoms with E-state index in [1.807, 2.05) is 6.07 Å². The van der Waals surface area contributed by atoms with E-state index < -0.39 is 5.97 Å². The van der Waals surface area contributed by atoms with E-state index in [0.717, 1.165) is 5.56 Å². The largest absolute Gasteiger partial charge is 0.493 e. The summed E-state index contributed by atoms with van der Waals surface area (Å²) in [7, 11) is 3.12. The smallest absolute Gasteiger partial charge is 0.335 e. The molecule has 0 saturated carbocycles. The molecular weight excluding hydrogens is 342 g/mol. The average Bonchev–Trinajstić information content (AvgIpc) is 2.61. The fourth-order valence-corrected chi connectivity index (χ4v) is 2.16. The van der Waals surface area contributed by atoms with Crippen LogP contribution in [0.3, 0.4) is 0 Å². The van der Waals surface area contributed by atoms with Crippen LogP contribution in [-0.2, 0) is 0 Å². The summed E-state index contributed by atoms with van der Waals surface area (Å²) in [4.78, 5) is 10.9. The maximum absolute atomic E-state index is 10.9. The molecule has 0 spiro atoms. The number of hydrazone groups is 1. The van der Waals surface area contributed by atoms with Crippen LogP contribution in [0.25, 0.3) is 0 Å². The first-order chi connectivity index (χ1) is 12.0. The molecule has 0 bridgehead atoms. The first-order valence-corrected chi connectivity index (χ1v) is 7.59. The van der Waals surface area contributed by atoms with Crippen molar-refractivity contribution in [2.24, 2.45) is 5.10 Å². The van der Waals surface area contributed by atoms with E-state index in [0.29, 0.717) is 17.2 Å². The van der Waals surface area contributed by atoms with Gasteiger partial charge in [-0.3, -0.25) is 5.43 Å². The highest BCUT2D eigenvalue weighted by Crippen LogP contribution is 2.26. The Morgan fingerprint density at radius 3 is 2.60 bits per heavy atom. The third kappa shape index (κ3) is 5.18. The number of nitrogens with one attached hydrogen (secondary N) is 2. The van der Waals surface area contributed by atoms with Crippen LogP contribution in [0.4, 0.5) is 5.69 Å². The van der Waals surface area contributed by atoms with E-state index in [1.165, 1.54) is 12.1 Å². The monoisotopic (exact) mass is 359 g/mol. The molecule has 0 heterocycles. The summed E-state index contributed by atoms with van der Waals surface area (Å²) in [6.45, 7) is 0. The lowest BCUT2D eigenvalue weighted by molar-refractivity contribution is 0.0697. The Labute approximate surface area is 150 Å². The van der Waals surface area contributed by atoms with Gasteiger partial charge < -0.3 is 19.9 Å². The Bertz CT molecular complexity index is 808. The van der Waals surface area contributed by atoms with E-state index >= 15 is 0 Å². The second kappa shape index (κ2) is 8.65. The predicted octanol–water partition coefficient (Wildman–Crippen LogP) is 2.72. The Balaban J connectivity index is 1.96. The maximum atomic E-state index is 10.9. The summed E-state index contributed by atoms with van der Waals surface area (Å²) >= 11 is 5.12. The third-order valence-electron chi connectivity index (χ3n) is 3.15. The molecule has 0 atom stereocenters. The number of rotatable bonds is 6. The molecule has 0 radical (unpaired) electrons. The number of hydrogen-bond donors (Lipinski definition) is 3. The van der Waals surface area contributed by atoms with Crippen molar-refractivity contribution < 1.29 is 19.4 Å². The first kappa shape index (κ1) is 18.2. The van der Waals surface area contributed by atoms with Gasteiger partial charge >= 0.3 is 5.97 Å². The zero-order valence-corrected chi connectivity index (χ0v) is 14.5. The van der Waals surface area contributed by atoms with Gasteiger partial charge in [0.05, 0.1) is 26.0 Å². The van der Waals surface area contributed by atoms with Gasteiger partial charge in [-0.25, -0.2) is 4.79 Å². The first-order valence-electron chi connectivity index (χ1n) is 7.19. The summed E-state index contributed by atoms with van der Waals surface area (Å²) in [6.07, 6.45) is 1.57. The Morgan fingerprint density at radius 1 is 1.16 bits per heavy atom. The van der Waals surface area contributed by atoms with Crippen LogP contribution in [0.2, 0.25) is 0 Å². The van der Waals surface area contributed by atoms with Crippen molar-refractivity contribution in [1.82, 2.24) is 5.43 Å². The minimum atomic E-state index is -1.01. The molecule has 2 rings (SSSR count). The Morgan fingerprint density at radius 2 is 1.92 bits per heavy atom.